The van der Waals surface area contributed by atoms with Gasteiger partial charge in [0.15, 0.2) is 0 Å². The highest BCUT2D eigenvalue weighted by atomic mass is 35.5. The molecule has 2 aromatic carbocycles. The summed E-state index contributed by atoms with van der Waals surface area (Å²) in [5.41, 5.74) is 1.15. The molecule has 5 rings (SSSR count). The lowest BCUT2D eigenvalue weighted by Gasteiger charge is -2.35. The number of hydrogen-bond acceptors (Lipinski definition) is 6. The van der Waals surface area contributed by atoms with Gasteiger partial charge in [-0.3, -0.25) is 0 Å². The Morgan fingerprint density at radius 3 is 2.35 bits per heavy atom. The molecule has 0 spiro atoms. The first-order valence-electron chi connectivity index (χ1n) is 9.83. The second kappa shape index (κ2) is 8.20. The summed E-state index contributed by atoms with van der Waals surface area (Å²) in [6.45, 7) is 1.84. The lowest BCUT2D eigenvalue weighted by molar-refractivity contribution is 0.384. The number of piperazine rings is 1. The van der Waals surface area contributed by atoms with Gasteiger partial charge in [0.05, 0.1) is 10.4 Å². The van der Waals surface area contributed by atoms with Crippen LogP contribution in [0.25, 0.3) is 20.7 Å². The van der Waals surface area contributed by atoms with E-state index in [1.807, 2.05) is 18.2 Å². The monoisotopic (exact) mass is 470 g/mol. The number of sulfonamides is 1. The van der Waals surface area contributed by atoms with Crippen LogP contribution in [-0.4, -0.2) is 48.9 Å². The average molecular weight is 471 g/mol. The zero-order valence-corrected chi connectivity index (χ0v) is 18.9. The van der Waals surface area contributed by atoms with Crippen molar-refractivity contribution in [1.29, 1.82) is 0 Å². The van der Waals surface area contributed by atoms with Crippen LogP contribution in [-0.2, 0) is 10.0 Å². The molecule has 1 fully saturated rings. The Morgan fingerprint density at radius 2 is 1.61 bits per heavy atom. The number of aromatic nitrogens is 2. The SMILES string of the molecule is O=S(=O)(c1ccccc1Cl)N1CCN(c2ncnc3sc(-c4ccccc4)cc23)CC1. The average Bonchev–Trinajstić information content (AvgIpc) is 3.24. The van der Waals surface area contributed by atoms with Crippen molar-refractivity contribution in [3.05, 3.63) is 72.0 Å². The third-order valence-electron chi connectivity index (χ3n) is 5.36. The fourth-order valence-corrected chi connectivity index (χ4v) is 6.69. The molecule has 158 valence electrons. The van der Waals surface area contributed by atoms with Gasteiger partial charge >= 0.3 is 0 Å². The maximum atomic E-state index is 13.0. The minimum absolute atomic E-state index is 0.153. The van der Waals surface area contributed by atoms with Crippen molar-refractivity contribution in [1.82, 2.24) is 14.3 Å². The van der Waals surface area contributed by atoms with Crippen molar-refractivity contribution in [2.24, 2.45) is 0 Å². The van der Waals surface area contributed by atoms with Gasteiger partial charge in [-0.25, -0.2) is 18.4 Å². The number of benzene rings is 2. The van der Waals surface area contributed by atoms with Crippen LogP contribution in [0.5, 0.6) is 0 Å². The van der Waals surface area contributed by atoms with Gasteiger partial charge in [-0.15, -0.1) is 11.3 Å². The van der Waals surface area contributed by atoms with Crippen LogP contribution in [0.1, 0.15) is 0 Å². The predicted molar refractivity (Wildman–Crippen MR) is 125 cm³/mol. The van der Waals surface area contributed by atoms with Crippen LogP contribution in [0.15, 0.2) is 71.9 Å². The lowest BCUT2D eigenvalue weighted by Crippen LogP contribution is -2.49. The minimum atomic E-state index is -3.63. The number of nitrogens with zero attached hydrogens (tertiary/aromatic N) is 4. The van der Waals surface area contributed by atoms with Gasteiger partial charge < -0.3 is 4.90 Å². The van der Waals surface area contributed by atoms with Crippen molar-refractivity contribution in [3.63, 3.8) is 0 Å². The Bertz CT molecular complexity index is 1330. The second-order valence-corrected chi connectivity index (χ2v) is 10.6. The first-order valence-corrected chi connectivity index (χ1v) is 12.5. The largest absolute Gasteiger partial charge is 0.353 e. The van der Waals surface area contributed by atoms with E-state index < -0.39 is 10.0 Å². The molecule has 0 bridgehead atoms. The van der Waals surface area contributed by atoms with Gasteiger partial charge in [0.1, 0.15) is 21.9 Å². The molecule has 0 unspecified atom stereocenters. The highest BCUT2D eigenvalue weighted by molar-refractivity contribution is 7.89. The number of rotatable bonds is 4. The van der Waals surface area contributed by atoms with E-state index in [9.17, 15) is 8.42 Å². The molecule has 1 aliphatic heterocycles. The number of fused-ring (bicyclic) bond motifs is 1. The normalized spacial score (nSPS) is 15.5. The van der Waals surface area contributed by atoms with E-state index in [0.29, 0.717) is 26.2 Å². The quantitative estimate of drug-likeness (QED) is 0.438. The van der Waals surface area contributed by atoms with Gasteiger partial charge in [0.2, 0.25) is 10.0 Å². The summed E-state index contributed by atoms with van der Waals surface area (Å²) in [6, 6.07) is 18.9. The summed E-state index contributed by atoms with van der Waals surface area (Å²) in [5.74, 6) is 0.846. The van der Waals surface area contributed by atoms with Crippen LogP contribution < -0.4 is 4.90 Å². The second-order valence-electron chi connectivity index (χ2n) is 7.21. The molecule has 1 aliphatic rings. The summed E-state index contributed by atoms with van der Waals surface area (Å²) < 4.78 is 27.5. The molecule has 0 aliphatic carbocycles. The summed E-state index contributed by atoms with van der Waals surface area (Å²) >= 11 is 7.77. The molecule has 4 aromatic rings. The Morgan fingerprint density at radius 1 is 0.903 bits per heavy atom. The first-order chi connectivity index (χ1) is 15.0. The Balaban J connectivity index is 1.40. The maximum Gasteiger partial charge on any atom is 0.244 e. The maximum absolute atomic E-state index is 13.0. The molecule has 3 heterocycles. The van der Waals surface area contributed by atoms with Crippen LogP contribution in [0.3, 0.4) is 0 Å². The summed E-state index contributed by atoms with van der Waals surface area (Å²) in [4.78, 5) is 13.3. The number of halogens is 1. The van der Waals surface area contributed by atoms with E-state index in [0.717, 1.165) is 26.5 Å². The summed E-state index contributed by atoms with van der Waals surface area (Å²) in [7, 11) is -3.63. The summed E-state index contributed by atoms with van der Waals surface area (Å²) in [5, 5.41) is 1.24. The third kappa shape index (κ3) is 3.80. The predicted octanol–water partition coefficient (Wildman–Crippen LogP) is 4.52. The zero-order valence-electron chi connectivity index (χ0n) is 16.5. The highest BCUT2D eigenvalue weighted by Gasteiger charge is 2.31. The molecular formula is C22H19ClN4O2S2. The Kier molecular flexibility index (Phi) is 5.39. The van der Waals surface area contributed by atoms with Crippen molar-refractivity contribution in [2.45, 2.75) is 4.90 Å². The molecule has 6 nitrogen and oxygen atoms in total. The zero-order chi connectivity index (χ0) is 21.4. The van der Waals surface area contributed by atoms with Gasteiger partial charge in [-0.1, -0.05) is 54.1 Å². The Labute approximate surface area is 189 Å². The van der Waals surface area contributed by atoms with Crippen molar-refractivity contribution in [3.8, 4) is 10.4 Å². The molecule has 9 heteroatoms. The molecule has 0 amide bonds. The molecule has 0 saturated carbocycles. The fourth-order valence-electron chi connectivity index (χ4n) is 3.77. The number of hydrogen-bond donors (Lipinski definition) is 0. The standard InChI is InChI=1S/C22H19ClN4O2S2/c23-18-8-4-5-9-20(18)31(28,29)27-12-10-26(11-13-27)21-17-14-19(16-6-2-1-3-7-16)30-22(17)25-15-24-21/h1-9,14-15H,10-13H2. The van der Waals surface area contributed by atoms with E-state index in [1.165, 1.54) is 4.31 Å². The third-order valence-corrected chi connectivity index (χ3v) is 8.85. The highest BCUT2D eigenvalue weighted by Crippen LogP contribution is 2.36. The smallest absolute Gasteiger partial charge is 0.244 e. The van der Waals surface area contributed by atoms with E-state index in [-0.39, 0.29) is 9.92 Å². The van der Waals surface area contributed by atoms with Gasteiger partial charge in [0.25, 0.3) is 0 Å². The van der Waals surface area contributed by atoms with Crippen molar-refractivity contribution >= 4 is 49.0 Å². The molecule has 0 radical (unpaired) electrons. The van der Waals surface area contributed by atoms with Crippen LogP contribution in [0, 0.1) is 0 Å². The number of anilines is 1. The van der Waals surface area contributed by atoms with E-state index in [2.05, 4.69) is 33.1 Å². The Hall–Kier alpha value is -2.52. The molecule has 31 heavy (non-hydrogen) atoms. The molecule has 2 aromatic heterocycles. The lowest BCUT2D eigenvalue weighted by atomic mass is 10.2. The van der Waals surface area contributed by atoms with Crippen molar-refractivity contribution < 1.29 is 8.42 Å². The van der Waals surface area contributed by atoms with Gasteiger partial charge in [0, 0.05) is 31.1 Å². The van der Waals surface area contributed by atoms with Crippen molar-refractivity contribution in [2.75, 3.05) is 31.1 Å². The number of thiophene rings is 1. The molecule has 1 saturated heterocycles. The molecule has 0 atom stereocenters. The minimum Gasteiger partial charge on any atom is -0.353 e. The van der Waals surface area contributed by atoms with Gasteiger partial charge in [-0.05, 0) is 23.8 Å². The van der Waals surface area contributed by atoms with Crippen LogP contribution >= 0.6 is 22.9 Å². The molecule has 0 N–H and O–H groups in total. The fraction of sp³-hybridized carbons (Fsp3) is 0.182. The molecular weight excluding hydrogens is 452 g/mol. The van der Waals surface area contributed by atoms with E-state index in [1.54, 1.807) is 41.9 Å². The van der Waals surface area contributed by atoms with Crippen LogP contribution in [0.4, 0.5) is 5.82 Å². The van der Waals surface area contributed by atoms with Gasteiger partial charge in [-0.2, -0.15) is 4.31 Å². The van der Waals surface area contributed by atoms with E-state index in [4.69, 9.17) is 11.6 Å². The van der Waals surface area contributed by atoms with Crippen LogP contribution in [0.2, 0.25) is 5.02 Å². The van der Waals surface area contributed by atoms with E-state index >= 15 is 0 Å². The topological polar surface area (TPSA) is 66.4 Å². The first kappa shape index (κ1) is 20.4. The summed E-state index contributed by atoms with van der Waals surface area (Å²) in [6.07, 6.45) is 1.58.